The summed E-state index contributed by atoms with van der Waals surface area (Å²) in [6, 6.07) is 11.8. The number of benzene rings is 3. The van der Waals surface area contributed by atoms with E-state index >= 15 is 0 Å². The summed E-state index contributed by atoms with van der Waals surface area (Å²) in [5.74, 6) is -6.11. The summed E-state index contributed by atoms with van der Waals surface area (Å²) in [6.45, 7) is 4.46. The van der Waals surface area contributed by atoms with Gasteiger partial charge in [-0.1, -0.05) is 6.92 Å². The lowest BCUT2D eigenvalue weighted by Crippen LogP contribution is -2.33. The van der Waals surface area contributed by atoms with Crippen LogP contribution in [-0.2, 0) is 23.7 Å². The number of fused-ring (bicyclic) bond motifs is 3. The molecule has 6 rings (SSSR count). The number of cyclic esters (lactones) is 2. The molecule has 4 amide bonds. The lowest BCUT2D eigenvalue weighted by molar-refractivity contribution is 0.0265. The van der Waals surface area contributed by atoms with Gasteiger partial charge in [-0.15, -0.1) is 0 Å². The van der Waals surface area contributed by atoms with E-state index in [1.54, 1.807) is 0 Å². The summed E-state index contributed by atoms with van der Waals surface area (Å²) in [5.41, 5.74) is 11.1. The first kappa shape index (κ1) is 49.6. The molecule has 3 aromatic rings. The monoisotopic (exact) mass is 866 g/mol. The maximum atomic E-state index is 12.6. The van der Waals surface area contributed by atoms with Gasteiger partial charge in [-0.2, -0.15) is 0 Å². The van der Waals surface area contributed by atoms with E-state index in [9.17, 15) is 43.2 Å². The zero-order valence-corrected chi connectivity index (χ0v) is 33.8. The minimum absolute atomic E-state index is 0.00917. The Morgan fingerprint density at radius 1 is 0.581 bits per heavy atom. The predicted molar refractivity (Wildman–Crippen MR) is 213 cm³/mol. The van der Waals surface area contributed by atoms with Crippen molar-refractivity contribution < 1.29 is 82.2 Å². The third kappa shape index (κ3) is 12.9. The number of aliphatic hydroxyl groups excluding tert-OH is 2. The van der Waals surface area contributed by atoms with Gasteiger partial charge in [-0.25, -0.2) is 24.0 Å². The minimum atomic E-state index is -1.15. The topological polar surface area (TPSA) is 319 Å². The largest absolute Gasteiger partial charge is 0.478 e. The Labute approximate surface area is 354 Å². The van der Waals surface area contributed by atoms with E-state index in [2.05, 4.69) is 4.74 Å². The van der Waals surface area contributed by atoms with Crippen molar-refractivity contribution in [1.82, 2.24) is 9.80 Å². The number of carbonyl (C=O) groups excluding carboxylic acids is 8. The number of aromatic carboxylic acids is 1. The fraction of sp³-hybridized carbons (Fsp3) is 0.341. The molecule has 62 heavy (non-hydrogen) atoms. The molecule has 3 aliphatic rings. The van der Waals surface area contributed by atoms with Gasteiger partial charge in [0.2, 0.25) is 0 Å². The Hall–Kier alpha value is -6.75. The summed E-state index contributed by atoms with van der Waals surface area (Å²) < 4.78 is 24.7. The molecule has 0 radical (unpaired) electrons. The van der Waals surface area contributed by atoms with Gasteiger partial charge in [-0.05, 0) is 61.0 Å². The van der Waals surface area contributed by atoms with Crippen molar-refractivity contribution in [3.8, 4) is 0 Å². The van der Waals surface area contributed by atoms with Crippen LogP contribution in [-0.4, -0.2) is 158 Å². The molecule has 0 fully saturated rings. The molecule has 0 saturated heterocycles. The number of rotatable bonds is 16. The number of carboxylic acids is 1. The van der Waals surface area contributed by atoms with E-state index in [-0.39, 0.29) is 89.7 Å². The average Bonchev–Trinajstić information content (AvgIpc) is 3.79. The normalized spacial score (nSPS) is 13.1. The molecule has 332 valence electrons. The quantitative estimate of drug-likeness (QED) is 0.0431. The van der Waals surface area contributed by atoms with E-state index in [1.807, 2.05) is 6.92 Å². The summed E-state index contributed by atoms with van der Waals surface area (Å²) in [6.07, 6.45) is 0.821. The van der Waals surface area contributed by atoms with Gasteiger partial charge in [0.15, 0.2) is 0 Å². The predicted octanol–water partition coefficient (Wildman–Crippen LogP) is 0.536. The van der Waals surface area contributed by atoms with Crippen molar-refractivity contribution in [3.05, 3.63) is 105 Å². The number of hydrogen-bond acceptors (Lipinski definition) is 18. The molecule has 0 aliphatic carbocycles. The second-order valence-electron chi connectivity index (χ2n) is 12.7. The molecule has 21 heteroatoms. The lowest BCUT2D eigenvalue weighted by Gasteiger charge is -2.13. The average molecular weight is 867 g/mol. The fourth-order valence-electron chi connectivity index (χ4n) is 5.43. The lowest BCUT2D eigenvalue weighted by atomic mass is 10.1. The van der Waals surface area contributed by atoms with Crippen LogP contribution in [0.5, 0.6) is 0 Å². The molecule has 3 aliphatic heterocycles. The minimum Gasteiger partial charge on any atom is -0.478 e. The van der Waals surface area contributed by atoms with Gasteiger partial charge in [0.25, 0.3) is 23.6 Å². The van der Waals surface area contributed by atoms with Crippen LogP contribution in [0.1, 0.15) is 107 Å². The van der Waals surface area contributed by atoms with E-state index < -0.39 is 53.5 Å². The number of carbonyl (C=O) groups is 9. The Morgan fingerprint density at radius 2 is 1.02 bits per heavy atom. The van der Waals surface area contributed by atoms with Crippen molar-refractivity contribution in [2.75, 3.05) is 79.5 Å². The Balaban J connectivity index is 0.000000332. The van der Waals surface area contributed by atoms with Crippen LogP contribution in [0, 0.1) is 0 Å². The third-order valence-corrected chi connectivity index (χ3v) is 8.41. The summed E-state index contributed by atoms with van der Waals surface area (Å²) >= 11 is 0. The third-order valence-electron chi connectivity index (χ3n) is 8.41. The Morgan fingerprint density at radius 3 is 1.53 bits per heavy atom. The fourth-order valence-corrected chi connectivity index (χ4v) is 5.43. The van der Waals surface area contributed by atoms with Crippen LogP contribution < -0.4 is 11.5 Å². The molecule has 0 aromatic heterocycles. The van der Waals surface area contributed by atoms with Crippen LogP contribution in [0.25, 0.3) is 0 Å². The van der Waals surface area contributed by atoms with E-state index in [1.165, 1.54) is 55.6 Å². The number of amides is 4. The van der Waals surface area contributed by atoms with Gasteiger partial charge < -0.3 is 50.5 Å². The second kappa shape index (κ2) is 24.5. The highest BCUT2D eigenvalue weighted by Gasteiger charge is 2.36. The molecule has 0 atom stereocenters. The number of nitrogens with two attached hydrogens (primary N) is 2. The molecular weight excluding hydrogens is 820 g/mol. The number of imide groups is 2. The van der Waals surface area contributed by atoms with Gasteiger partial charge in [-0.3, -0.25) is 29.0 Å². The molecule has 0 spiro atoms. The first-order valence-corrected chi connectivity index (χ1v) is 18.9. The molecule has 0 bridgehead atoms. The van der Waals surface area contributed by atoms with Crippen LogP contribution in [0.15, 0.2) is 54.6 Å². The van der Waals surface area contributed by atoms with Gasteiger partial charge >= 0.3 is 29.8 Å². The van der Waals surface area contributed by atoms with E-state index in [4.69, 9.17) is 45.7 Å². The standard InChI is InChI=1S/C26H24N2O9.C9H4O5.C4H12N2O.C2H6O2/c1-3-9-35-10-8-28-23(31)18-7-5-16(14-20(18)24(28)32)26(34)37-12-11-36-25(33)15-4-6-17-19(13-15)22(30)27(2)21(17)29;10-7(11)4-1-2-5-6(3-4)9(13)14-8(5)12;5-1-3-7-4-2-6;3-1-2-4/h4-7,13-14H,3,8-12H2,1-2H3;1-3H,(H,10,11);1-6H2;3-4H,1-2H2. The highest BCUT2D eigenvalue weighted by atomic mass is 16.6. The highest BCUT2D eigenvalue weighted by molar-refractivity contribution is 6.22. The second-order valence-corrected chi connectivity index (χ2v) is 12.7. The smallest absolute Gasteiger partial charge is 0.346 e. The number of hydrogen-bond donors (Lipinski definition) is 5. The highest BCUT2D eigenvalue weighted by Crippen LogP contribution is 2.25. The number of nitrogens with zero attached hydrogens (tertiary/aromatic N) is 2. The number of ether oxygens (including phenoxy) is 5. The molecule has 3 heterocycles. The summed E-state index contributed by atoms with van der Waals surface area (Å²) in [4.78, 5) is 109. The van der Waals surface area contributed by atoms with Gasteiger partial charge in [0.1, 0.15) is 13.2 Å². The maximum Gasteiger partial charge on any atom is 0.346 e. The van der Waals surface area contributed by atoms with Crippen LogP contribution in [0.4, 0.5) is 0 Å². The summed E-state index contributed by atoms with van der Waals surface area (Å²) in [7, 11) is 1.35. The number of carboxylic acid groups (broad SMARTS) is 1. The maximum absolute atomic E-state index is 12.6. The van der Waals surface area contributed by atoms with E-state index in [0.717, 1.165) is 22.3 Å². The van der Waals surface area contributed by atoms with Crippen molar-refractivity contribution in [1.29, 1.82) is 0 Å². The van der Waals surface area contributed by atoms with Crippen LogP contribution in [0.3, 0.4) is 0 Å². The molecule has 0 unspecified atom stereocenters. The number of esters is 4. The van der Waals surface area contributed by atoms with Crippen LogP contribution >= 0.6 is 0 Å². The SMILES string of the molecule is CCCOCCN1C(=O)c2ccc(C(=O)OCCOC(=O)c3ccc4c(c3)C(=O)N(C)C4=O)cc2C1=O.NCCOCCN.O=C(O)c1ccc2c(c1)C(=O)OC2=O.OCCO. The zero-order chi connectivity index (χ0) is 45.9. The molecular formula is C41H46N4O17. The van der Waals surface area contributed by atoms with Crippen LogP contribution in [0.2, 0.25) is 0 Å². The van der Waals surface area contributed by atoms with Crippen molar-refractivity contribution >= 4 is 53.5 Å². The van der Waals surface area contributed by atoms with E-state index in [0.29, 0.717) is 32.9 Å². The van der Waals surface area contributed by atoms with Crippen molar-refractivity contribution in [2.45, 2.75) is 13.3 Å². The first-order chi connectivity index (χ1) is 29.7. The van der Waals surface area contributed by atoms with Crippen molar-refractivity contribution in [2.24, 2.45) is 11.5 Å². The first-order valence-electron chi connectivity index (χ1n) is 18.9. The van der Waals surface area contributed by atoms with Gasteiger partial charge in [0, 0.05) is 26.7 Å². The van der Waals surface area contributed by atoms with Crippen molar-refractivity contribution in [3.63, 3.8) is 0 Å². The number of aliphatic hydroxyl groups is 2. The molecule has 3 aromatic carbocycles. The summed E-state index contributed by atoms with van der Waals surface area (Å²) in [5, 5.41) is 23.9. The molecule has 21 nitrogen and oxygen atoms in total. The molecule has 0 saturated carbocycles. The zero-order valence-electron chi connectivity index (χ0n) is 33.8. The Kier molecular flexibility index (Phi) is 19.6. The van der Waals surface area contributed by atoms with Gasteiger partial charge in [0.05, 0.1) is 89.7 Å². The Bertz CT molecular complexity index is 2170. The molecule has 7 N–H and O–H groups in total.